The first kappa shape index (κ1) is 19.4. The minimum atomic E-state index is -0.604. The highest BCUT2D eigenvalue weighted by molar-refractivity contribution is 7.17. The van der Waals surface area contributed by atoms with Gasteiger partial charge in [0.05, 0.1) is 12.7 Å². The van der Waals surface area contributed by atoms with Crippen molar-refractivity contribution >= 4 is 34.2 Å². The molecule has 1 N–H and O–H groups in total. The highest BCUT2D eigenvalue weighted by Crippen LogP contribution is 2.37. The van der Waals surface area contributed by atoms with Crippen molar-refractivity contribution in [1.82, 2.24) is 0 Å². The number of nitrogens with one attached hydrogen (secondary N) is 1. The molecule has 1 aliphatic rings. The summed E-state index contributed by atoms with van der Waals surface area (Å²) < 4.78 is 14.6. The number of fused-ring (bicyclic) bond motifs is 1. The molecule has 138 valence electrons. The van der Waals surface area contributed by atoms with Crippen LogP contribution in [0.5, 0.6) is 0 Å². The third kappa shape index (κ3) is 5.27. The van der Waals surface area contributed by atoms with Crippen LogP contribution >= 0.6 is 11.3 Å². The zero-order valence-electron chi connectivity index (χ0n) is 14.5. The number of methoxy groups -OCH3 is 1. The lowest BCUT2D eigenvalue weighted by molar-refractivity contribution is -0.151. The molecule has 0 radical (unpaired) electrons. The summed E-state index contributed by atoms with van der Waals surface area (Å²) >= 11 is 1.40. The third-order valence-electron chi connectivity index (χ3n) is 3.85. The van der Waals surface area contributed by atoms with Crippen LogP contribution in [0.25, 0.3) is 0 Å². The molecule has 0 saturated carbocycles. The number of thiophene rings is 1. The molecule has 7 nitrogen and oxygen atoms in total. The van der Waals surface area contributed by atoms with Crippen LogP contribution in [0, 0.1) is 0 Å². The quantitative estimate of drug-likeness (QED) is 0.586. The first-order valence-corrected chi connectivity index (χ1v) is 9.14. The van der Waals surface area contributed by atoms with Gasteiger partial charge in [-0.2, -0.15) is 0 Å². The summed E-state index contributed by atoms with van der Waals surface area (Å²) in [5.74, 6) is -1.55. The minimum Gasteiger partial charge on any atom is -0.465 e. The van der Waals surface area contributed by atoms with Gasteiger partial charge in [-0.25, -0.2) is 9.59 Å². The van der Waals surface area contributed by atoms with Crippen LogP contribution < -0.4 is 5.32 Å². The highest BCUT2D eigenvalue weighted by atomic mass is 32.1. The van der Waals surface area contributed by atoms with Crippen molar-refractivity contribution in [1.29, 1.82) is 0 Å². The maximum Gasteiger partial charge on any atom is 0.341 e. The molecule has 0 aromatic carbocycles. The molecule has 25 heavy (non-hydrogen) atoms. The number of amides is 1. The van der Waals surface area contributed by atoms with Crippen LogP contribution in [0.3, 0.4) is 0 Å². The number of anilines is 1. The molecule has 1 amide bonds. The van der Waals surface area contributed by atoms with Gasteiger partial charge in [0, 0.05) is 11.5 Å². The van der Waals surface area contributed by atoms with Gasteiger partial charge >= 0.3 is 11.9 Å². The smallest absolute Gasteiger partial charge is 0.341 e. The summed E-state index contributed by atoms with van der Waals surface area (Å²) in [5.41, 5.74) is 1.40. The molecular formula is C17H23NO6S. The molecule has 0 spiro atoms. The lowest BCUT2D eigenvalue weighted by Crippen LogP contribution is -2.23. The monoisotopic (exact) mass is 369 g/mol. The fourth-order valence-electron chi connectivity index (χ4n) is 2.68. The summed E-state index contributed by atoms with van der Waals surface area (Å²) in [6.45, 7) is 1.54. The molecule has 1 aromatic rings. The highest BCUT2D eigenvalue weighted by Gasteiger charge is 2.26. The number of rotatable bonds is 7. The van der Waals surface area contributed by atoms with E-state index in [4.69, 9.17) is 14.2 Å². The Kier molecular flexibility index (Phi) is 7.39. The first-order chi connectivity index (χ1) is 12.1. The fraction of sp³-hybridized carbons (Fsp3) is 0.588. The Labute approximate surface area is 150 Å². The summed E-state index contributed by atoms with van der Waals surface area (Å²) in [6.07, 6.45) is 4.89. The van der Waals surface area contributed by atoms with Crippen molar-refractivity contribution in [3.63, 3.8) is 0 Å². The number of hydrogen-bond donors (Lipinski definition) is 1. The van der Waals surface area contributed by atoms with Gasteiger partial charge in [0.25, 0.3) is 5.91 Å². The van der Waals surface area contributed by atoms with E-state index < -0.39 is 24.5 Å². The van der Waals surface area contributed by atoms with Crippen LogP contribution in [0.1, 0.15) is 47.0 Å². The van der Waals surface area contributed by atoms with Crippen molar-refractivity contribution < 1.29 is 28.6 Å². The average molecular weight is 369 g/mol. The Morgan fingerprint density at radius 2 is 1.88 bits per heavy atom. The number of aryl methyl sites for hydroxylation is 1. The largest absolute Gasteiger partial charge is 0.465 e. The van der Waals surface area contributed by atoms with Crippen LogP contribution in [0.2, 0.25) is 0 Å². The van der Waals surface area contributed by atoms with E-state index in [-0.39, 0.29) is 6.61 Å². The van der Waals surface area contributed by atoms with Gasteiger partial charge in [-0.05, 0) is 38.2 Å². The molecule has 0 aliphatic heterocycles. The van der Waals surface area contributed by atoms with E-state index in [1.807, 2.05) is 0 Å². The molecule has 1 heterocycles. The molecule has 0 fully saturated rings. The summed E-state index contributed by atoms with van der Waals surface area (Å²) in [7, 11) is 1.32. The van der Waals surface area contributed by atoms with Crippen LogP contribution in [-0.2, 0) is 36.6 Å². The van der Waals surface area contributed by atoms with Gasteiger partial charge in [-0.3, -0.25) is 4.79 Å². The lowest BCUT2D eigenvalue weighted by atomic mass is 10.1. The van der Waals surface area contributed by atoms with E-state index in [1.165, 1.54) is 18.4 Å². The van der Waals surface area contributed by atoms with Crippen molar-refractivity contribution in [2.45, 2.75) is 39.0 Å². The third-order valence-corrected chi connectivity index (χ3v) is 5.06. The zero-order chi connectivity index (χ0) is 18.2. The average Bonchev–Trinajstić information content (AvgIpc) is 2.78. The Hall–Kier alpha value is -1.93. The van der Waals surface area contributed by atoms with Gasteiger partial charge in [-0.15, -0.1) is 11.3 Å². The zero-order valence-corrected chi connectivity index (χ0v) is 15.3. The van der Waals surface area contributed by atoms with E-state index >= 15 is 0 Å². The number of esters is 2. The Balaban J connectivity index is 2.06. The first-order valence-electron chi connectivity index (χ1n) is 8.32. The number of carbonyl (C=O) groups excluding carboxylic acids is 3. The van der Waals surface area contributed by atoms with E-state index in [1.54, 1.807) is 6.92 Å². The molecule has 0 unspecified atom stereocenters. The lowest BCUT2D eigenvalue weighted by Gasteiger charge is -2.08. The molecule has 2 rings (SSSR count). The number of ether oxygens (including phenoxy) is 3. The second kappa shape index (κ2) is 9.53. The Morgan fingerprint density at radius 3 is 2.60 bits per heavy atom. The van der Waals surface area contributed by atoms with E-state index in [9.17, 15) is 14.4 Å². The Bertz CT molecular complexity index is 639. The standard InChI is InChI=1S/C17H23NO6S/c1-3-23-10-14(20)24-9-13(19)18-16-15(17(21)22-2)11-7-5-4-6-8-12(11)25-16/h3-10H2,1-2H3,(H,18,19). The molecule has 8 heteroatoms. The summed E-state index contributed by atoms with van der Waals surface area (Å²) in [5, 5.41) is 3.14. The van der Waals surface area contributed by atoms with Gasteiger partial charge in [0.2, 0.25) is 0 Å². The van der Waals surface area contributed by atoms with Crippen molar-refractivity contribution in [3.05, 3.63) is 16.0 Å². The van der Waals surface area contributed by atoms with E-state index in [0.717, 1.165) is 42.5 Å². The van der Waals surface area contributed by atoms with Gasteiger partial charge < -0.3 is 19.5 Å². The maximum absolute atomic E-state index is 12.2. The summed E-state index contributed by atoms with van der Waals surface area (Å²) in [6, 6.07) is 0. The number of carbonyl (C=O) groups is 3. The van der Waals surface area contributed by atoms with Crippen LogP contribution in [-0.4, -0.2) is 44.8 Å². The number of hydrogen-bond acceptors (Lipinski definition) is 7. The van der Waals surface area contributed by atoms with Gasteiger partial charge in [0.15, 0.2) is 6.61 Å². The van der Waals surface area contributed by atoms with Crippen LogP contribution in [0.4, 0.5) is 5.00 Å². The molecule has 1 aromatic heterocycles. The van der Waals surface area contributed by atoms with E-state index in [0.29, 0.717) is 17.2 Å². The summed E-state index contributed by atoms with van der Waals surface area (Å²) in [4.78, 5) is 36.7. The minimum absolute atomic E-state index is 0.190. The molecule has 1 aliphatic carbocycles. The van der Waals surface area contributed by atoms with Crippen molar-refractivity contribution in [2.24, 2.45) is 0 Å². The maximum atomic E-state index is 12.2. The molecular weight excluding hydrogens is 346 g/mol. The van der Waals surface area contributed by atoms with Crippen LogP contribution in [0.15, 0.2) is 0 Å². The molecule has 0 bridgehead atoms. The van der Waals surface area contributed by atoms with Crippen molar-refractivity contribution in [2.75, 3.05) is 32.2 Å². The predicted molar refractivity (Wildman–Crippen MR) is 93.0 cm³/mol. The van der Waals surface area contributed by atoms with Gasteiger partial charge in [-0.1, -0.05) is 6.42 Å². The SMILES string of the molecule is CCOCC(=O)OCC(=O)Nc1sc2c(c1C(=O)OC)CCCCC2. The fourth-order valence-corrected chi connectivity index (χ4v) is 3.98. The second-order valence-electron chi connectivity index (χ2n) is 5.61. The van der Waals surface area contributed by atoms with Crippen molar-refractivity contribution in [3.8, 4) is 0 Å². The van der Waals surface area contributed by atoms with Gasteiger partial charge in [0.1, 0.15) is 11.6 Å². The molecule has 0 saturated heterocycles. The normalized spacial score (nSPS) is 13.5. The topological polar surface area (TPSA) is 90.9 Å². The van der Waals surface area contributed by atoms with E-state index in [2.05, 4.69) is 5.32 Å². The predicted octanol–water partition coefficient (Wildman–Crippen LogP) is 2.32. The molecule has 0 atom stereocenters. The second-order valence-corrected chi connectivity index (χ2v) is 6.71. The Morgan fingerprint density at radius 1 is 1.12 bits per heavy atom.